The second-order valence-electron chi connectivity index (χ2n) is 5.99. The summed E-state index contributed by atoms with van der Waals surface area (Å²) in [6.07, 6.45) is -1.14. The molecule has 1 atom stereocenters. The summed E-state index contributed by atoms with van der Waals surface area (Å²) in [5, 5.41) is 8.73. The summed E-state index contributed by atoms with van der Waals surface area (Å²) in [6, 6.07) is 8.56. The molecule has 0 saturated carbocycles. The number of hydrogen-bond acceptors (Lipinski definition) is 5. The van der Waals surface area contributed by atoms with Crippen molar-refractivity contribution in [2.75, 3.05) is 0 Å². The fourth-order valence-electron chi connectivity index (χ4n) is 1.93. The number of carbonyl (C=O) groups is 1. The number of rotatable bonds is 8. The van der Waals surface area contributed by atoms with E-state index in [1.54, 1.807) is 58.0 Å². The lowest BCUT2D eigenvalue weighted by Crippen LogP contribution is -2.32. The Hall–Kier alpha value is -1.00. The van der Waals surface area contributed by atoms with Gasteiger partial charge in [0.05, 0.1) is 18.6 Å². The minimum atomic E-state index is -3.87. The summed E-state index contributed by atoms with van der Waals surface area (Å²) in [5.41, 5.74) is 0.448. The Bertz CT molecular complexity index is 523. The maximum Gasteiger partial charge on any atom is 0.362 e. The summed E-state index contributed by atoms with van der Waals surface area (Å²) >= 11 is 0. The van der Waals surface area contributed by atoms with Gasteiger partial charge in [0, 0.05) is 5.56 Å². The molecule has 0 aliphatic heterocycles. The Balaban J connectivity index is 3.01. The number of benzene rings is 1. The molecule has 6 heteroatoms. The van der Waals surface area contributed by atoms with Gasteiger partial charge in [-0.2, -0.15) is 0 Å². The maximum atomic E-state index is 13.0. The van der Waals surface area contributed by atoms with Gasteiger partial charge >= 0.3 is 7.60 Å². The largest absolute Gasteiger partial charge is 0.377 e. The molecule has 1 N–H and O–H groups in total. The standard InChI is InChI=1S/C16H25O5P/c1-12(2)20-22(19,21-13(3)4)16(5,18)11-15(17)14-9-7-6-8-10-14/h6-10,12-13,18H,11H2,1-5H3/t16-/m1/s1. The lowest BCUT2D eigenvalue weighted by Gasteiger charge is -2.33. The average molecular weight is 328 g/mol. The summed E-state index contributed by atoms with van der Waals surface area (Å²) in [6.45, 7) is 8.12. The Morgan fingerprint density at radius 2 is 1.59 bits per heavy atom. The molecule has 0 saturated heterocycles. The maximum absolute atomic E-state index is 13.0. The molecule has 5 nitrogen and oxygen atoms in total. The minimum Gasteiger partial charge on any atom is -0.377 e. The van der Waals surface area contributed by atoms with Crippen LogP contribution in [0.4, 0.5) is 0 Å². The Kier molecular flexibility index (Phi) is 6.50. The van der Waals surface area contributed by atoms with Crippen molar-refractivity contribution in [1.29, 1.82) is 0 Å². The summed E-state index contributed by atoms with van der Waals surface area (Å²) < 4.78 is 23.7. The van der Waals surface area contributed by atoms with Gasteiger partial charge in [0.2, 0.25) is 0 Å². The zero-order valence-corrected chi connectivity index (χ0v) is 14.7. The number of ketones is 1. The van der Waals surface area contributed by atoms with Gasteiger partial charge in [-0.15, -0.1) is 0 Å². The van der Waals surface area contributed by atoms with E-state index in [1.807, 2.05) is 0 Å². The van der Waals surface area contributed by atoms with Crippen LogP contribution in [0.1, 0.15) is 51.4 Å². The van der Waals surface area contributed by atoms with Crippen LogP contribution in [0.5, 0.6) is 0 Å². The van der Waals surface area contributed by atoms with Gasteiger partial charge < -0.3 is 14.2 Å². The van der Waals surface area contributed by atoms with Crippen molar-refractivity contribution in [3.63, 3.8) is 0 Å². The van der Waals surface area contributed by atoms with Crippen molar-refractivity contribution < 1.29 is 23.5 Å². The first-order valence-corrected chi connectivity index (χ1v) is 8.89. The molecule has 0 radical (unpaired) electrons. The van der Waals surface area contributed by atoms with Crippen LogP contribution in [0.3, 0.4) is 0 Å². The smallest absolute Gasteiger partial charge is 0.362 e. The van der Waals surface area contributed by atoms with Gasteiger partial charge in [0.1, 0.15) is 0 Å². The van der Waals surface area contributed by atoms with Gasteiger partial charge in [0.15, 0.2) is 11.1 Å². The number of hydrogen-bond donors (Lipinski definition) is 1. The van der Waals surface area contributed by atoms with E-state index in [1.165, 1.54) is 6.92 Å². The summed E-state index contributed by atoms with van der Waals surface area (Å²) in [5.74, 6) is -0.314. The van der Waals surface area contributed by atoms with Crippen LogP contribution in [0.2, 0.25) is 0 Å². The third-order valence-electron chi connectivity index (χ3n) is 2.88. The number of carbonyl (C=O) groups excluding carboxylic acids is 1. The fourth-order valence-corrected chi connectivity index (χ4v) is 3.89. The van der Waals surface area contributed by atoms with Gasteiger partial charge in [0.25, 0.3) is 0 Å². The van der Waals surface area contributed by atoms with E-state index in [9.17, 15) is 14.5 Å². The predicted octanol–water partition coefficient (Wildman–Crippen LogP) is 4.01. The zero-order valence-electron chi connectivity index (χ0n) is 13.8. The first-order chi connectivity index (χ1) is 10.1. The van der Waals surface area contributed by atoms with E-state index >= 15 is 0 Å². The van der Waals surface area contributed by atoms with Crippen molar-refractivity contribution >= 4 is 13.4 Å². The highest BCUT2D eigenvalue weighted by atomic mass is 31.2. The Morgan fingerprint density at radius 1 is 1.14 bits per heavy atom. The van der Waals surface area contributed by atoms with E-state index in [0.29, 0.717) is 5.56 Å². The fraction of sp³-hybridized carbons (Fsp3) is 0.562. The van der Waals surface area contributed by atoms with Crippen LogP contribution in [-0.4, -0.2) is 28.4 Å². The quantitative estimate of drug-likeness (QED) is 0.576. The van der Waals surface area contributed by atoms with Gasteiger partial charge in [-0.05, 0) is 34.6 Å². The van der Waals surface area contributed by atoms with E-state index in [0.717, 1.165) is 0 Å². The molecule has 124 valence electrons. The van der Waals surface area contributed by atoms with E-state index in [2.05, 4.69) is 0 Å². The lowest BCUT2D eigenvalue weighted by atomic mass is 10.1. The lowest BCUT2D eigenvalue weighted by molar-refractivity contribution is 0.0459. The van der Waals surface area contributed by atoms with Gasteiger partial charge in [-0.25, -0.2) is 0 Å². The van der Waals surface area contributed by atoms with Crippen molar-refractivity contribution in [3.05, 3.63) is 35.9 Å². The molecule has 0 aliphatic rings. The molecule has 0 fully saturated rings. The third kappa shape index (κ3) is 5.03. The molecule has 1 aromatic rings. The third-order valence-corrected chi connectivity index (χ3v) is 5.62. The van der Waals surface area contributed by atoms with Crippen molar-refractivity contribution in [2.24, 2.45) is 0 Å². The highest BCUT2D eigenvalue weighted by Crippen LogP contribution is 2.61. The monoisotopic (exact) mass is 328 g/mol. The van der Waals surface area contributed by atoms with E-state index in [-0.39, 0.29) is 12.2 Å². The van der Waals surface area contributed by atoms with Crippen LogP contribution >= 0.6 is 7.60 Å². The molecule has 1 rings (SSSR count). The molecular weight excluding hydrogens is 303 g/mol. The normalized spacial score (nSPS) is 15.1. The SMILES string of the molecule is CC(C)OP(=O)(OC(C)C)[C@@](C)(O)CC(=O)c1ccccc1. The molecule has 0 unspecified atom stereocenters. The molecule has 0 spiro atoms. The van der Waals surface area contributed by atoms with Crippen LogP contribution in [0.15, 0.2) is 30.3 Å². The van der Waals surface area contributed by atoms with Crippen molar-refractivity contribution in [1.82, 2.24) is 0 Å². The van der Waals surface area contributed by atoms with E-state index in [4.69, 9.17) is 9.05 Å². The Morgan fingerprint density at radius 3 is 2.00 bits per heavy atom. The molecule has 22 heavy (non-hydrogen) atoms. The van der Waals surface area contributed by atoms with Crippen LogP contribution in [0, 0.1) is 0 Å². The molecular formula is C16H25O5P. The molecule has 1 aromatic carbocycles. The summed E-state index contributed by atoms with van der Waals surface area (Å²) in [7, 11) is -3.87. The minimum absolute atomic E-state index is 0.314. The van der Waals surface area contributed by atoms with Crippen LogP contribution < -0.4 is 0 Å². The first kappa shape index (κ1) is 19.0. The predicted molar refractivity (Wildman–Crippen MR) is 86.1 cm³/mol. The van der Waals surface area contributed by atoms with Crippen LogP contribution in [-0.2, 0) is 13.6 Å². The highest BCUT2D eigenvalue weighted by molar-refractivity contribution is 7.55. The van der Waals surface area contributed by atoms with Gasteiger partial charge in [-0.1, -0.05) is 30.3 Å². The molecule has 0 heterocycles. The number of Topliss-reactive ketones (excluding diaryl/α,β-unsaturated/α-hetero) is 1. The second-order valence-corrected chi connectivity index (χ2v) is 8.37. The molecule has 0 aliphatic carbocycles. The zero-order chi connectivity index (χ0) is 17.0. The van der Waals surface area contributed by atoms with Crippen molar-refractivity contribution in [2.45, 2.75) is 58.6 Å². The second kappa shape index (κ2) is 7.51. The van der Waals surface area contributed by atoms with Crippen LogP contribution in [0.25, 0.3) is 0 Å². The number of aliphatic hydroxyl groups is 1. The molecule has 0 bridgehead atoms. The highest BCUT2D eigenvalue weighted by Gasteiger charge is 2.48. The first-order valence-electron chi connectivity index (χ1n) is 7.35. The average Bonchev–Trinajstić information content (AvgIpc) is 2.37. The van der Waals surface area contributed by atoms with E-state index < -0.39 is 25.1 Å². The topological polar surface area (TPSA) is 72.8 Å². The Labute approximate surface area is 132 Å². The molecule has 0 aromatic heterocycles. The molecule has 0 amide bonds. The van der Waals surface area contributed by atoms with Gasteiger partial charge in [-0.3, -0.25) is 9.36 Å². The van der Waals surface area contributed by atoms with Crippen molar-refractivity contribution in [3.8, 4) is 0 Å². The summed E-state index contributed by atoms with van der Waals surface area (Å²) in [4.78, 5) is 12.3.